The summed E-state index contributed by atoms with van der Waals surface area (Å²) in [6.07, 6.45) is -0.416. The number of rotatable bonds is 3. The van der Waals surface area contributed by atoms with E-state index in [2.05, 4.69) is 5.32 Å². The van der Waals surface area contributed by atoms with Gasteiger partial charge >= 0.3 is 6.09 Å². The zero-order valence-corrected chi connectivity index (χ0v) is 13.4. The molecule has 1 heterocycles. The third-order valence-corrected chi connectivity index (χ3v) is 3.92. The zero-order chi connectivity index (χ0) is 16.4. The van der Waals surface area contributed by atoms with Crippen molar-refractivity contribution in [1.82, 2.24) is 0 Å². The molecule has 23 heavy (non-hydrogen) atoms. The van der Waals surface area contributed by atoms with Crippen molar-refractivity contribution in [3.8, 4) is 0 Å². The van der Waals surface area contributed by atoms with Gasteiger partial charge in [-0.2, -0.15) is 0 Å². The molecule has 2 amide bonds. The first-order valence-electron chi connectivity index (χ1n) is 6.85. The molecule has 0 radical (unpaired) electrons. The summed E-state index contributed by atoms with van der Waals surface area (Å²) in [5.41, 5.74) is 1.44. The van der Waals surface area contributed by atoms with E-state index < -0.39 is 6.09 Å². The molecule has 0 spiro atoms. The van der Waals surface area contributed by atoms with Gasteiger partial charge in [-0.15, -0.1) is 0 Å². The highest BCUT2D eigenvalue weighted by Crippen LogP contribution is 2.26. The SMILES string of the molecule is O=C(Nc1cc(Cl)ccc1Cl)c1cccc(N2CCOC2=O)c1. The van der Waals surface area contributed by atoms with Crippen molar-refractivity contribution in [2.75, 3.05) is 23.4 Å². The summed E-state index contributed by atoms with van der Waals surface area (Å²) in [4.78, 5) is 25.5. The molecule has 0 saturated carbocycles. The number of nitrogens with one attached hydrogen (secondary N) is 1. The number of halogens is 2. The minimum atomic E-state index is -0.416. The minimum absolute atomic E-state index is 0.341. The van der Waals surface area contributed by atoms with Crippen LogP contribution < -0.4 is 10.2 Å². The highest BCUT2D eigenvalue weighted by atomic mass is 35.5. The van der Waals surface area contributed by atoms with Crippen molar-refractivity contribution in [3.63, 3.8) is 0 Å². The van der Waals surface area contributed by atoms with Gasteiger partial charge in [0.25, 0.3) is 5.91 Å². The average molecular weight is 351 g/mol. The number of hydrogen-bond donors (Lipinski definition) is 1. The number of carbonyl (C=O) groups is 2. The van der Waals surface area contributed by atoms with Gasteiger partial charge in [-0.05, 0) is 36.4 Å². The Morgan fingerprint density at radius 3 is 2.74 bits per heavy atom. The highest BCUT2D eigenvalue weighted by molar-refractivity contribution is 6.35. The van der Waals surface area contributed by atoms with Crippen LogP contribution in [0.25, 0.3) is 0 Å². The smallest absolute Gasteiger partial charge is 0.414 e. The number of hydrogen-bond acceptors (Lipinski definition) is 3. The fraction of sp³-hybridized carbons (Fsp3) is 0.125. The fourth-order valence-corrected chi connectivity index (χ4v) is 2.57. The van der Waals surface area contributed by atoms with Gasteiger partial charge in [-0.25, -0.2) is 4.79 Å². The second-order valence-corrected chi connectivity index (χ2v) is 5.74. The van der Waals surface area contributed by atoms with Gasteiger partial charge in [-0.3, -0.25) is 9.69 Å². The lowest BCUT2D eigenvalue weighted by molar-refractivity contribution is 0.102. The lowest BCUT2D eigenvalue weighted by atomic mass is 10.1. The molecule has 2 aromatic rings. The van der Waals surface area contributed by atoms with Crippen LogP contribution in [-0.4, -0.2) is 25.2 Å². The molecule has 7 heteroatoms. The molecule has 1 N–H and O–H groups in total. The zero-order valence-electron chi connectivity index (χ0n) is 11.9. The van der Waals surface area contributed by atoms with Crippen LogP contribution in [0.2, 0.25) is 10.0 Å². The molecule has 2 aromatic carbocycles. The monoisotopic (exact) mass is 350 g/mol. The topological polar surface area (TPSA) is 58.6 Å². The van der Waals surface area contributed by atoms with Crippen LogP contribution in [0.15, 0.2) is 42.5 Å². The number of benzene rings is 2. The Morgan fingerprint density at radius 1 is 1.17 bits per heavy atom. The van der Waals surface area contributed by atoms with Crippen molar-refractivity contribution in [2.24, 2.45) is 0 Å². The lowest BCUT2D eigenvalue weighted by Crippen LogP contribution is -2.23. The number of cyclic esters (lactones) is 1. The first-order chi connectivity index (χ1) is 11.0. The van der Waals surface area contributed by atoms with E-state index in [4.69, 9.17) is 27.9 Å². The van der Waals surface area contributed by atoms with Crippen LogP contribution in [0.1, 0.15) is 10.4 Å². The van der Waals surface area contributed by atoms with Crippen LogP contribution >= 0.6 is 23.2 Å². The fourth-order valence-electron chi connectivity index (χ4n) is 2.23. The lowest BCUT2D eigenvalue weighted by Gasteiger charge is -2.14. The largest absolute Gasteiger partial charge is 0.447 e. The molecule has 0 bridgehead atoms. The molecule has 5 nitrogen and oxygen atoms in total. The Balaban J connectivity index is 1.82. The van der Waals surface area contributed by atoms with Crippen LogP contribution in [-0.2, 0) is 4.74 Å². The Kier molecular flexibility index (Phi) is 4.41. The standard InChI is InChI=1S/C16H12Cl2N2O3/c17-11-4-5-13(18)14(9-11)19-15(21)10-2-1-3-12(8-10)20-6-7-23-16(20)22/h1-5,8-9H,6-7H2,(H,19,21). The van der Waals surface area contributed by atoms with Gasteiger partial charge in [-0.1, -0.05) is 29.3 Å². The molecule has 118 valence electrons. The summed E-state index contributed by atoms with van der Waals surface area (Å²) < 4.78 is 4.90. The maximum atomic E-state index is 12.4. The Bertz CT molecular complexity index is 780. The van der Waals surface area contributed by atoms with E-state index in [0.717, 1.165) is 0 Å². The second kappa shape index (κ2) is 6.48. The number of carbonyl (C=O) groups excluding carboxylic acids is 2. The molecule has 0 atom stereocenters. The molecule has 1 fully saturated rings. The summed E-state index contributed by atoms with van der Waals surface area (Å²) in [7, 11) is 0. The Labute approximate surface area is 142 Å². The summed E-state index contributed by atoms with van der Waals surface area (Å²) >= 11 is 11.9. The van der Waals surface area contributed by atoms with E-state index in [9.17, 15) is 9.59 Å². The minimum Gasteiger partial charge on any atom is -0.447 e. The molecule has 3 rings (SSSR count). The number of ether oxygens (including phenoxy) is 1. The summed E-state index contributed by atoms with van der Waals surface area (Å²) in [6, 6.07) is 11.5. The van der Waals surface area contributed by atoms with Gasteiger partial charge < -0.3 is 10.1 Å². The van der Waals surface area contributed by atoms with E-state index in [1.165, 1.54) is 4.90 Å². The molecule has 1 saturated heterocycles. The van der Waals surface area contributed by atoms with Crippen LogP contribution in [0.3, 0.4) is 0 Å². The van der Waals surface area contributed by atoms with Crippen molar-refractivity contribution >= 4 is 46.6 Å². The number of anilines is 2. The van der Waals surface area contributed by atoms with Gasteiger partial charge in [0, 0.05) is 16.3 Å². The molecule has 0 aliphatic carbocycles. The van der Waals surface area contributed by atoms with Gasteiger partial charge in [0.15, 0.2) is 0 Å². The summed E-state index contributed by atoms with van der Waals surface area (Å²) in [5.74, 6) is -0.344. The van der Waals surface area contributed by atoms with Gasteiger partial charge in [0.1, 0.15) is 6.61 Å². The molecular weight excluding hydrogens is 339 g/mol. The van der Waals surface area contributed by atoms with E-state index in [1.807, 2.05) is 0 Å². The predicted molar refractivity (Wildman–Crippen MR) is 89.6 cm³/mol. The van der Waals surface area contributed by atoms with Crippen LogP contribution in [0.5, 0.6) is 0 Å². The van der Waals surface area contributed by atoms with E-state index in [1.54, 1.807) is 42.5 Å². The maximum absolute atomic E-state index is 12.4. The molecule has 0 unspecified atom stereocenters. The average Bonchev–Trinajstić information content (AvgIpc) is 2.97. The summed E-state index contributed by atoms with van der Waals surface area (Å²) in [5, 5.41) is 3.57. The molecule has 1 aliphatic rings. The summed E-state index contributed by atoms with van der Waals surface area (Å²) in [6.45, 7) is 0.803. The van der Waals surface area contributed by atoms with Crippen molar-refractivity contribution in [3.05, 3.63) is 58.1 Å². The van der Waals surface area contributed by atoms with E-state index >= 15 is 0 Å². The second-order valence-electron chi connectivity index (χ2n) is 4.89. The van der Waals surface area contributed by atoms with Crippen LogP contribution in [0.4, 0.5) is 16.2 Å². The normalized spacial score (nSPS) is 13.8. The predicted octanol–water partition coefficient (Wildman–Crippen LogP) is 4.20. The van der Waals surface area contributed by atoms with Gasteiger partial charge in [0.2, 0.25) is 0 Å². The maximum Gasteiger partial charge on any atom is 0.414 e. The van der Waals surface area contributed by atoms with Crippen molar-refractivity contribution < 1.29 is 14.3 Å². The molecule has 1 aliphatic heterocycles. The molecule has 0 aromatic heterocycles. The van der Waals surface area contributed by atoms with Crippen molar-refractivity contribution in [1.29, 1.82) is 0 Å². The first kappa shape index (κ1) is 15.6. The van der Waals surface area contributed by atoms with Gasteiger partial charge in [0.05, 0.1) is 17.3 Å². The van der Waals surface area contributed by atoms with Crippen molar-refractivity contribution in [2.45, 2.75) is 0 Å². The third-order valence-electron chi connectivity index (χ3n) is 3.36. The Morgan fingerprint density at radius 2 is 2.00 bits per heavy atom. The first-order valence-corrected chi connectivity index (χ1v) is 7.61. The third kappa shape index (κ3) is 3.41. The van der Waals surface area contributed by atoms with E-state index in [0.29, 0.717) is 40.1 Å². The highest BCUT2D eigenvalue weighted by Gasteiger charge is 2.24. The van der Waals surface area contributed by atoms with Crippen LogP contribution in [0, 0.1) is 0 Å². The quantitative estimate of drug-likeness (QED) is 0.902. The van der Waals surface area contributed by atoms with E-state index in [-0.39, 0.29) is 5.91 Å². The number of amides is 2. The Hall–Kier alpha value is -2.24. The molecular formula is C16H12Cl2N2O3. The number of nitrogens with zero attached hydrogens (tertiary/aromatic N) is 1.